The number of aliphatic hydroxyl groups excluding tert-OH is 1. The Hall–Kier alpha value is -2.06. The monoisotopic (exact) mass is 900 g/mol. The highest BCUT2D eigenvalue weighted by Crippen LogP contribution is 2.43. The molecule has 3 aliphatic rings. The lowest BCUT2D eigenvalue weighted by molar-refractivity contribution is -0.335. The van der Waals surface area contributed by atoms with Crippen LogP contribution in [-0.4, -0.2) is 162 Å². The normalized spacial score (nSPS) is 44.0. The summed E-state index contributed by atoms with van der Waals surface area (Å²) >= 11 is 0. The average Bonchev–Trinajstić information content (AvgIpc) is 3.22. The molecule has 0 aromatic heterocycles. The summed E-state index contributed by atoms with van der Waals surface area (Å²) in [5, 5.41) is 55.2. The predicted octanol–water partition coefficient (Wildman–Crippen LogP) is 4.15. The molecule has 0 aliphatic carbocycles. The van der Waals surface area contributed by atoms with Gasteiger partial charge >= 0.3 is 5.97 Å². The van der Waals surface area contributed by atoms with Crippen molar-refractivity contribution in [3.8, 4) is 5.75 Å². The highest BCUT2D eigenvalue weighted by atomic mass is 19.1. The molecule has 3 heterocycles. The Labute approximate surface area is 376 Å². The van der Waals surface area contributed by atoms with Gasteiger partial charge in [-0.1, -0.05) is 27.7 Å². The van der Waals surface area contributed by atoms with Crippen molar-refractivity contribution in [1.29, 1.82) is 0 Å². The first-order valence-corrected chi connectivity index (χ1v) is 23.1. The van der Waals surface area contributed by atoms with Crippen LogP contribution < -0.4 is 15.4 Å². The maximum atomic E-state index is 14.6. The number of hydrogen-bond acceptors (Lipinski definition) is 15. The lowest BCUT2D eigenvalue weighted by Crippen LogP contribution is -2.70. The minimum absolute atomic E-state index is 0.0749. The molecule has 3 aliphatic heterocycles. The highest BCUT2D eigenvalue weighted by molar-refractivity contribution is 5.73. The number of halogens is 1. The van der Waals surface area contributed by atoms with Crippen LogP contribution in [-0.2, 0) is 33.2 Å². The third-order valence-electron chi connectivity index (χ3n) is 14.3. The van der Waals surface area contributed by atoms with Crippen molar-refractivity contribution in [2.45, 2.75) is 198 Å². The first kappa shape index (κ1) is 53.6. The Balaban J connectivity index is 1.86. The van der Waals surface area contributed by atoms with Crippen molar-refractivity contribution in [2.24, 2.45) is 17.8 Å². The molecule has 15 nitrogen and oxygen atoms in total. The first-order valence-electron chi connectivity index (χ1n) is 23.1. The zero-order valence-electron chi connectivity index (χ0n) is 40.4. The molecule has 0 saturated carbocycles. The van der Waals surface area contributed by atoms with E-state index in [-0.39, 0.29) is 43.9 Å². The number of nitrogens with zero attached hydrogens (tertiary/aromatic N) is 1. The summed E-state index contributed by atoms with van der Waals surface area (Å²) in [6.45, 7) is 21.1. The molecule has 63 heavy (non-hydrogen) atoms. The van der Waals surface area contributed by atoms with Crippen LogP contribution in [0.4, 0.5) is 4.39 Å². The van der Waals surface area contributed by atoms with Gasteiger partial charge in [0.05, 0.1) is 42.0 Å². The van der Waals surface area contributed by atoms with E-state index in [9.17, 15) is 29.6 Å². The van der Waals surface area contributed by atoms with E-state index in [0.29, 0.717) is 25.3 Å². The number of carbonyl (C=O) groups excluding carboxylic acids is 1. The fraction of sp³-hybridized carbons (Fsp3) is 0.851. The van der Waals surface area contributed by atoms with Crippen LogP contribution in [0.1, 0.15) is 108 Å². The van der Waals surface area contributed by atoms with Crippen molar-refractivity contribution in [2.75, 3.05) is 40.8 Å². The second kappa shape index (κ2) is 22.2. The number of likely N-dealkylation sites (N-methyl/N-ethyl adjacent to an activating group) is 2. The smallest absolute Gasteiger partial charge is 0.311 e. The number of nitrogens with one attached hydrogen (secondary N) is 2. The van der Waals surface area contributed by atoms with Crippen LogP contribution >= 0.6 is 0 Å². The van der Waals surface area contributed by atoms with E-state index in [2.05, 4.69) is 10.6 Å². The Morgan fingerprint density at radius 3 is 2.19 bits per heavy atom. The zero-order chi connectivity index (χ0) is 47.2. The van der Waals surface area contributed by atoms with Crippen LogP contribution in [0.5, 0.6) is 5.75 Å². The average molecular weight is 900 g/mol. The van der Waals surface area contributed by atoms with Gasteiger partial charge in [-0.3, -0.25) is 4.79 Å². The van der Waals surface area contributed by atoms with Gasteiger partial charge in [-0.2, -0.15) is 0 Å². The van der Waals surface area contributed by atoms with Crippen LogP contribution in [0.3, 0.4) is 0 Å². The molecule has 0 unspecified atom stereocenters. The lowest BCUT2D eigenvalue weighted by atomic mass is 9.75. The zero-order valence-corrected chi connectivity index (χ0v) is 40.4. The van der Waals surface area contributed by atoms with Crippen molar-refractivity contribution in [3.63, 3.8) is 0 Å². The van der Waals surface area contributed by atoms with Crippen LogP contribution in [0.15, 0.2) is 24.3 Å². The van der Waals surface area contributed by atoms with Gasteiger partial charge < -0.3 is 69.1 Å². The molecule has 18 atom stereocenters. The van der Waals surface area contributed by atoms with E-state index in [4.69, 9.17) is 33.2 Å². The Morgan fingerprint density at radius 2 is 1.60 bits per heavy atom. The molecule has 1 aromatic carbocycles. The summed E-state index contributed by atoms with van der Waals surface area (Å²) in [5.41, 5.74) is -6.07. The number of methoxy groups -OCH3 is 1. The van der Waals surface area contributed by atoms with Gasteiger partial charge in [0.2, 0.25) is 0 Å². The van der Waals surface area contributed by atoms with Gasteiger partial charge in [-0.15, -0.1) is 0 Å². The summed E-state index contributed by atoms with van der Waals surface area (Å²) in [6.07, 6.45) is -6.60. The maximum absolute atomic E-state index is 14.6. The van der Waals surface area contributed by atoms with Crippen LogP contribution in [0, 0.1) is 23.6 Å². The Bertz CT molecular complexity index is 1580. The minimum atomic E-state index is -1.84. The molecular weight excluding hydrogens is 818 g/mol. The van der Waals surface area contributed by atoms with Gasteiger partial charge in [0.15, 0.2) is 18.7 Å². The first-order chi connectivity index (χ1) is 29.4. The number of benzene rings is 1. The van der Waals surface area contributed by atoms with Crippen molar-refractivity contribution >= 4 is 5.97 Å². The molecule has 0 radical (unpaired) electrons. The molecule has 4 rings (SSSR count). The summed E-state index contributed by atoms with van der Waals surface area (Å²) in [5.74, 6) is -2.77. The van der Waals surface area contributed by atoms with E-state index in [1.54, 1.807) is 34.6 Å². The molecule has 364 valence electrons. The minimum Gasteiger partial charge on any atom is -0.483 e. The molecule has 3 fully saturated rings. The van der Waals surface area contributed by atoms with E-state index in [1.807, 2.05) is 53.6 Å². The highest BCUT2D eigenvalue weighted by Gasteiger charge is 2.58. The van der Waals surface area contributed by atoms with Gasteiger partial charge in [-0.05, 0) is 125 Å². The molecule has 1 aromatic rings. The van der Waals surface area contributed by atoms with Gasteiger partial charge in [-0.25, -0.2) is 4.39 Å². The van der Waals surface area contributed by atoms with Crippen LogP contribution in [0.25, 0.3) is 0 Å². The van der Waals surface area contributed by atoms with Crippen molar-refractivity contribution < 1.29 is 62.8 Å². The maximum Gasteiger partial charge on any atom is 0.311 e. The molecule has 16 heteroatoms. The molecular formula is C47H82FN3O12. The number of cyclic esters (lactones) is 1. The molecule has 0 bridgehead atoms. The van der Waals surface area contributed by atoms with Crippen molar-refractivity contribution in [1.82, 2.24) is 15.5 Å². The fourth-order valence-corrected chi connectivity index (χ4v) is 10.2. The summed E-state index contributed by atoms with van der Waals surface area (Å²) in [7, 11) is 5.19. The fourth-order valence-electron chi connectivity index (χ4n) is 10.2. The Kier molecular flexibility index (Phi) is 18.8. The number of carbonyl (C=O) groups is 1. The molecule has 3 saturated heterocycles. The largest absolute Gasteiger partial charge is 0.483 e. The second-order valence-electron chi connectivity index (χ2n) is 19.6. The number of rotatable bonds is 13. The number of ether oxygens (including phenoxy) is 7. The quantitative estimate of drug-likeness (QED) is 0.122. The molecule has 0 amide bonds. The summed E-state index contributed by atoms with van der Waals surface area (Å²) in [6, 6.07) is 4.85. The van der Waals surface area contributed by atoms with Gasteiger partial charge in [0.1, 0.15) is 40.6 Å². The number of aliphatic hydroxyl groups is 4. The predicted molar refractivity (Wildman–Crippen MR) is 236 cm³/mol. The lowest BCUT2D eigenvalue weighted by Gasteiger charge is -2.53. The van der Waals surface area contributed by atoms with Gasteiger partial charge in [0, 0.05) is 38.6 Å². The van der Waals surface area contributed by atoms with E-state index in [0.717, 1.165) is 6.42 Å². The van der Waals surface area contributed by atoms with Crippen LogP contribution in [0.2, 0.25) is 0 Å². The van der Waals surface area contributed by atoms with E-state index < -0.39 is 101 Å². The van der Waals surface area contributed by atoms with E-state index in [1.165, 1.54) is 38.3 Å². The number of esters is 1. The third-order valence-corrected chi connectivity index (χ3v) is 14.3. The van der Waals surface area contributed by atoms with Crippen molar-refractivity contribution in [3.05, 3.63) is 30.1 Å². The van der Waals surface area contributed by atoms with Gasteiger partial charge in [0.25, 0.3) is 0 Å². The summed E-state index contributed by atoms with van der Waals surface area (Å²) < 4.78 is 59.7. The Morgan fingerprint density at radius 1 is 0.952 bits per heavy atom. The molecule has 0 spiro atoms. The summed E-state index contributed by atoms with van der Waals surface area (Å²) in [4.78, 5) is 16.5. The van der Waals surface area contributed by atoms with E-state index >= 15 is 0 Å². The topological polar surface area (TPSA) is 190 Å². The second-order valence-corrected chi connectivity index (χ2v) is 19.6. The standard InChI is InChI=1S/C47H82FN3O12/c1-15-21-50-26-47(56)32(8)59-37(24-45(47,10)57-14)62-38-29(5)41(63-43-39(35(49-12)22-28(4)58-43)60-34-19-17-33(48)18-20-34)44(9,54)23-27(3)25-51(13)31(7)40(52)46(11,55)36(16-2)61-42(53)30(38)6/h17-20,27-32,35-41,43,49-50,52,54-56H,15-16,21-26H2,1-14H3/t27-,28-,29+,30-,31-,32+,35+,36-,37+,38+,39-,40-,41-,43+,44-,45-,46-,47+/m1/s1. The third kappa shape index (κ3) is 12.3. The molecule has 6 N–H and O–H groups in total. The number of hydrogen-bond donors (Lipinski definition) is 6. The SMILES string of the molecule is CCCNC[C@]1(O)[C@H](C)O[C@@H](O[C@H]2[C@H](C)[C@@H](O[C@@H]3O[C@H](C)C[C@H](NC)[C@H]3Oc3ccc(F)cc3)[C@](C)(O)C[C@@H](C)CN(C)[C@H](C)[C@@H](O)[C@](C)(O)[C@@H](CC)OC(=O)[C@@H]2C)C[C@@]1(C)OC.